The highest BCUT2D eigenvalue weighted by Gasteiger charge is 2.20. The molecular formula is C8H8N4O3. The Morgan fingerprint density at radius 2 is 2.27 bits per heavy atom. The molecule has 0 spiro atoms. The van der Waals surface area contributed by atoms with E-state index in [1.165, 1.54) is 23.6 Å². The van der Waals surface area contributed by atoms with Gasteiger partial charge >= 0.3 is 5.97 Å². The van der Waals surface area contributed by atoms with Gasteiger partial charge in [-0.05, 0) is 13.0 Å². The molecule has 0 aliphatic carbocycles. The Hall–Kier alpha value is -2.18. The Morgan fingerprint density at radius 3 is 2.93 bits per heavy atom. The lowest BCUT2D eigenvalue weighted by molar-refractivity contribution is -0.138. The van der Waals surface area contributed by atoms with Crippen molar-refractivity contribution in [2.45, 2.75) is 12.8 Å². The van der Waals surface area contributed by atoms with E-state index in [1.807, 2.05) is 0 Å². The number of carboxylic acid groups (broad SMARTS) is 1. The van der Waals surface area contributed by atoms with Gasteiger partial charge < -0.3 is 5.11 Å². The van der Waals surface area contributed by atoms with Crippen LogP contribution in [0.3, 0.4) is 0 Å². The van der Waals surface area contributed by atoms with Gasteiger partial charge in [0.15, 0.2) is 11.5 Å². The van der Waals surface area contributed by atoms with Crippen molar-refractivity contribution in [2.75, 3.05) is 0 Å². The predicted molar refractivity (Wildman–Crippen MR) is 49.7 cm³/mol. The highest BCUT2D eigenvalue weighted by molar-refractivity contribution is 5.74. The lowest BCUT2D eigenvalue weighted by atomic mass is 10.2. The number of aromatic nitrogens is 4. The summed E-state index contributed by atoms with van der Waals surface area (Å²) in [5, 5.41) is 18.7. The third-order valence-electron chi connectivity index (χ3n) is 2.08. The van der Waals surface area contributed by atoms with Gasteiger partial charge in [0, 0.05) is 6.07 Å². The first-order valence-corrected chi connectivity index (χ1v) is 4.27. The molecule has 0 saturated carbocycles. The van der Waals surface area contributed by atoms with Crippen molar-refractivity contribution in [3.05, 3.63) is 28.3 Å². The molecule has 0 aliphatic rings. The van der Waals surface area contributed by atoms with Gasteiger partial charge in [-0.1, -0.05) is 0 Å². The molecule has 7 nitrogen and oxygen atoms in total. The summed E-state index contributed by atoms with van der Waals surface area (Å²) in [5.74, 6) is -1.64. The zero-order chi connectivity index (χ0) is 11.0. The molecule has 78 valence electrons. The van der Waals surface area contributed by atoms with Crippen LogP contribution >= 0.6 is 0 Å². The number of rotatable bonds is 2. The maximum atomic E-state index is 11.0. The molecule has 0 aliphatic heterocycles. The molecule has 2 heterocycles. The number of carboxylic acids is 1. The van der Waals surface area contributed by atoms with Gasteiger partial charge in [-0.3, -0.25) is 14.7 Å². The number of H-pyrrole nitrogens is 1. The van der Waals surface area contributed by atoms with Crippen molar-refractivity contribution in [2.24, 2.45) is 0 Å². The first kappa shape index (κ1) is 9.38. The number of fused-ring (bicyclic) bond motifs is 1. The molecule has 2 aromatic rings. The van der Waals surface area contributed by atoms with Gasteiger partial charge in [0.25, 0.3) is 5.56 Å². The highest BCUT2D eigenvalue weighted by atomic mass is 16.4. The summed E-state index contributed by atoms with van der Waals surface area (Å²) in [6.45, 7) is 1.48. The van der Waals surface area contributed by atoms with Gasteiger partial charge in [0.05, 0.1) is 0 Å². The molecule has 7 heteroatoms. The van der Waals surface area contributed by atoms with Crippen LogP contribution in [-0.2, 0) is 4.79 Å². The number of hydrogen-bond acceptors (Lipinski definition) is 4. The fourth-order valence-corrected chi connectivity index (χ4v) is 1.22. The minimum absolute atomic E-state index is 0.204. The first-order valence-electron chi connectivity index (χ1n) is 4.27. The third kappa shape index (κ3) is 1.47. The molecule has 1 atom stereocenters. The van der Waals surface area contributed by atoms with Gasteiger partial charge in [-0.15, -0.1) is 10.2 Å². The molecule has 0 amide bonds. The van der Waals surface area contributed by atoms with E-state index in [2.05, 4.69) is 15.3 Å². The van der Waals surface area contributed by atoms with Crippen LogP contribution in [0.25, 0.3) is 5.65 Å². The van der Waals surface area contributed by atoms with E-state index in [0.29, 0.717) is 5.65 Å². The minimum atomic E-state index is -1.02. The van der Waals surface area contributed by atoms with E-state index >= 15 is 0 Å². The van der Waals surface area contributed by atoms with Crippen LogP contribution in [0, 0.1) is 0 Å². The molecule has 0 bridgehead atoms. The lowest BCUT2D eigenvalue weighted by Gasteiger charge is -2.02. The van der Waals surface area contributed by atoms with Crippen LogP contribution in [0.15, 0.2) is 16.9 Å². The summed E-state index contributed by atoms with van der Waals surface area (Å²) >= 11 is 0. The van der Waals surface area contributed by atoms with Crippen LogP contribution in [0.4, 0.5) is 0 Å². The largest absolute Gasteiger partial charge is 0.481 e. The quantitative estimate of drug-likeness (QED) is 0.699. The number of nitrogens with zero attached hydrogens (tertiary/aromatic N) is 3. The van der Waals surface area contributed by atoms with Gasteiger partial charge in [-0.2, -0.15) is 0 Å². The first-order chi connectivity index (χ1) is 7.09. The summed E-state index contributed by atoms with van der Waals surface area (Å²) in [4.78, 5) is 21.8. The normalized spacial score (nSPS) is 12.9. The summed E-state index contributed by atoms with van der Waals surface area (Å²) in [5.41, 5.74) is 0.0823. The van der Waals surface area contributed by atoms with E-state index < -0.39 is 11.9 Å². The Bertz CT molecular complexity index is 571. The zero-order valence-electron chi connectivity index (χ0n) is 7.84. The Kier molecular flexibility index (Phi) is 2.00. The maximum Gasteiger partial charge on any atom is 0.314 e. The van der Waals surface area contributed by atoms with E-state index in [-0.39, 0.29) is 11.4 Å². The van der Waals surface area contributed by atoms with E-state index in [0.717, 1.165) is 0 Å². The Balaban J connectivity index is 2.67. The molecule has 0 radical (unpaired) electrons. The SMILES string of the molecule is CC(C(=O)O)c1nnc2ccc(=O)[nH]n12. The molecule has 2 rings (SSSR count). The van der Waals surface area contributed by atoms with Gasteiger partial charge in [0.1, 0.15) is 5.92 Å². The molecule has 0 aromatic carbocycles. The van der Waals surface area contributed by atoms with Crippen molar-refractivity contribution in [1.82, 2.24) is 19.8 Å². The average Bonchev–Trinajstić information content (AvgIpc) is 2.59. The maximum absolute atomic E-state index is 11.0. The molecular weight excluding hydrogens is 200 g/mol. The lowest BCUT2D eigenvalue weighted by Crippen LogP contribution is -2.16. The Labute approximate surface area is 83.4 Å². The average molecular weight is 208 g/mol. The summed E-state index contributed by atoms with van der Waals surface area (Å²) in [6, 6.07) is 2.78. The van der Waals surface area contributed by atoms with Crippen molar-refractivity contribution in [3.8, 4) is 0 Å². The van der Waals surface area contributed by atoms with Crippen molar-refractivity contribution in [1.29, 1.82) is 0 Å². The number of carbonyl (C=O) groups is 1. The topological polar surface area (TPSA) is 100 Å². The van der Waals surface area contributed by atoms with E-state index in [4.69, 9.17) is 5.11 Å². The smallest absolute Gasteiger partial charge is 0.314 e. The van der Waals surface area contributed by atoms with Gasteiger partial charge in [0.2, 0.25) is 0 Å². The number of aromatic amines is 1. The second-order valence-electron chi connectivity index (χ2n) is 3.12. The second-order valence-corrected chi connectivity index (χ2v) is 3.12. The number of hydrogen-bond donors (Lipinski definition) is 2. The Morgan fingerprint density at radius 1 is 1.53 bits per heavy atom. The summed E-state index contributed by atoms with van der Waals surface area (Å²) in [6.07, 6.45) is 0. The molecule has 0 fully saturated rings. The summed E-state index contributed by atoms with van der Waals surface area (Å²) < 4.78 is 1.28. The van der Waals surface area contributed by atoms with Gasteiger partial charge in [-0.25, -0.2) is 4.52 Å². The van der Waals surface area contributed by atoms with Crippen LogP contribution < -0.4 is 5.56 Å². The van der Waals surface area contributed by atoms with Crippen LogP contribution in [-0.4, -0.2) is 30.9 Å². The minimum Gasteiger partial charge on any atom is -0.481 e. The highest BCUT2D eigenvalue weighted by Crippen LogP contribution is 2.12. The number of aliphatic carboxylic acids is 1. The standard InChI is InChI=1S/C8H8N4O3/c1-4(8(14)15)7-10-9-5-2-3-6(13)11-12(5)7/h2-4H,1H3,(H,11,13)(H,14,15). The molecule has 15 heavy (non-hydrogen) atoms. The third-order valence-corrected chi connectivity index (χ3v) is 2.08. The van der Waals surface area contributed by atoms with Crippen LogP contribution in [0.5, 0.6) is 0 Å². The monoisotopic (exact) mass is 208 g/mol. The molecule has 2 aromatic heterocycles. The van der Waals surface area contributed by atoms with Crippen LogP contribution in [0.1, 0.15) is 18.7 Å². The molecule has 1 unspecified atom stereocenters. The summed E-state index contributed by atoms with van der Waals surface area (Å²) in [7, 11) is 0. The predicted octanol–water partition coefficient (Wildman–Crippen LogP) is -0.394. The fraction of sp³-hybridized carbons (Fsp3) is 0.250. The molecule has 2 N–H and O–H groups in total. The second kappa shape index (κ2) is 3.19. The van der Waals surface area contributed by atoms with E-state index in [9.17, 15) is 9.59 Å². The molecule has 0 saturated heterocycles. The van der Waals surface area contributed by atoms with E-state index in [1.54, 1.807) is 0 Å². The number of nitrogens with one attached hydrogen (secondary N) is 1. The van der Waals surface area contributed by atoms with Crippen molar-refractivity contribution >= 4 is 11.6 Å². The van der Waals surface area contributed by atoms with Crippen molar-refractivity contribution < 1.29 is 9.90 Å². The fourth-order valence-electron chi connectivity index (χ4n) is 1.22. The zero-order valence-corrected chi connectivity index (χ0v) is 7.84. The van der Waals surface area contributed by atoms with Crippen LogP contribution in [0.2, 0.25) is 0 Å². The van der Waals surface area contributed by atoms with Crippen molar-refractivity contribution in [3.63, 3.8) is 0 Å².